The summed E-state index contributed by atoms with van der Waals surface area (Å²) in [6.45, 7) is 7.62. The number of carbonyl (C=O) groups excluding carboxylic acids is 3. The number of likely N-dealkylation sites (N-methyl/N-ethyl adjacent to an activating group) is 1. The Morgan fingerprint density at radius 3 is 2.42 bits per heavy atom. The molecule has 1 N–H and O–H groups in total. The fraction of sp³-hybridized carbons (Fsp3) is 0.562. The number of nitrogens with zero attached hydrogens (tertiary/aromatic N) is 4. The van der Waals surface area contributed by atoms with Gasteiger partial charge in [-0.25, -0.2) is 14.2 Å². The van der Waals surface area contributed by atoms with Crippen LogP contribution < -0.4 is 10.2 Å². The quantitative estimate of drug-likeness (QED) is 0.427. The molecule has 13 heteroatoms. The van der Waals surface area contributed by atoms with Gasteiger partial charge in [0.2, 0.25) is 5.91 Å². The van der Waals surface area contributed by atoms with Gasteiger partial charge in [-0.2, -0.15) is 13.2 Å². The van der Waals surface area contributed by atoms with E-state index in [1.54, 1.807) is 4.90 Å². The summed E-state index contributed by atoms with van der Waals surface area (Å²) >= 11 is 0. The number of halogens is 4. The maximum atomic E-state index is 15.9. The Hall–Kier alpha value is -3.74. The molecular formula is C32H39F4N5O4. The molecule has 3 aliphatic heterocycles. The van der Waals surface area contributed by atoms with Gasteiger partial charge in [0.05, 0.1) is 16.9 Å². The molecule has 2 fully saturated rings. The lowest BCUT2D eigenvalue weighted by molar-refractivity contribution is -0.124. The molecule has 244 valence electrons. The highest BCUT2D eigenvalue weighted by molar-refractivity contribution is 6.11. The molecule has 1 unspecified atom stereocenters. The Labute approximate surface area is 260 Å². The average Bonchev–Trinajstić information content (AvgIpc) is 3.21. The van der Waals surface area contributed by atoms with Crippen molar-refractivity contribution in [1.82, 2.24) is 9.80 Å². The van der Waals surface area contributed by atoms with E-state index in [-0.39, 0.29) is 23.3 Å². The number of piperazine rings is 1. The van der Waals surface area contributed by atoms with Crippen LogP contribution in [-0.4, -0.2) is 91.0 Å². The highest BCUT2D eigenvalue weighted by Gasteiger charge is 2.43. The molecule has 1 saturated heterocycles. The van der Waals surface area contributed by atoms with Gasteiger partial charge in [0, 0.05) is 56.1 Å². The molecule has 0 aromatic heterocycles. The predicted octanol–water partition coefficient (Wildman–Crippen LogP) is 5.57. The number of ether oxygens (including phenoxy) is 1. The lowest BCUT2D eigenvalue weighted by atomic mass is 9.82. The maximum absolute atomic E-state index is 15.9. The summed E-state index contributed by atoms with van der Waals surface area (Å²) in [6.07, 6.45) is 0.917. The molecule has 3 atom stereocenters. The van der Waals surface area contributed by atoms with Crippen LogP contribution in [0.25, 0.3) is 5.57 Å². The van der Waals surface area contributed by atoms with Crippen LogP contribution in [0.1, 0.15) is 58.4 Å². The van der Waals surface area contributed by atoms with Crippen molar-refractivity contribution in [3.05, 3.63) is 41.2 Å². The van der Waals surface area contributed by atoms with Crippen LogP contribution in [0, 0.1) is 11.7 Å². The first kappa shape index (κ1) is 32.6. The van der Waals surface area contributed by atoms with Crippen LogP contribution in [0.5, 0.6) is 0 Å². The van der Waals surface area contributed by atoms with Crippen LogP contribution in [0.2, 0.25) is 0 Å². The van der Waals surface area contributed by atoms with Crippen molar-refractivity contribution in [3.63, 3.8) is 0 Å². The minimum Gasteiger partial charge on any atom is -0.443 e. The fourth-order valence-electron chi connectivity index (χ4n) is 6.28. The van der Waals surface area contributed by atoms with Crippen LogP contribution in [0.3, 0.4) is 0 Å². The van der Waals surface area contributed by atoms with Crippen LogP contribution >= 0.6 is 0 Å². The summed E-state index contributed by atoms with van der Waals surface area (Å²) < 4.78 is 63.0. The average molecular weight is 634 g/mol. The Morgan fingerprint density at radius 2 is 1.80 bits per heavy atom. The number of aliphatic imine (C=N–C) groups is 1. The second-order valence-corrected chi connectivity index (χ2v) is 12.7. The molecule has 1 aromatic carbocycles. The van der Waals surface area contributed by atoms with E-state index in [2.05, 4.69) is 15.2 Å². The second-order valence-electron chi connectivity index (χ2n) is 12.7. The van der Waals surface area contributed by atoms with Gasteiger partial charge in [0.25, 0.3) is 5.91 Å². The first-order valence-electron chi connectivity index (χ1n) is 15.3. The minimum absolute atomic E-state index is 0.0776. The molecule has 0 bridgehead atoms. The maximum Gasteiger partial charge on any atom is 0.414 e. The Kier molecular flexibility index (Phi) is 9.12. The number of rotatable bonds is 5. The molecule has 1 aromatic rings. The van der Waals surface area contributed by atoms with E-state index in [1.807, 2.05) is 38.8 Å². The highest BCUT2D eigenvalue weighted by Crippen LogP contribution is 2.39. The fourth-order valence-corrected chi connectivity index (χ4v) is 6.28. The number of carbonyl (C=O) groups is 3. The first-order valence-corrected chi connectivity index (χ1v) is 15.3. The molecular weight excluding hydrogens is 594 g/mol. The van der Waals surface area contributed by atoms with Crippen molar-refractivity contribution in [2.24, 2.45) is 10.9 Å². The summed E-state index contributed by atoms with van der Waals surface area (Å²) in [6, 6.07) is 2.92. The van der Waals surface area contributed by atoms with Gasteiger partial charge in [0.1, 0.15) is 17.3 Å². The third-order valence-electron chi connectivity index (χ3n) is 9.41. The zero-order chi connectivity index (χ0) is 32.7. The summed E-state index contributed by atoms with van der Waals surface area (Å²) in [5.74, 6) is -4.55. The monoisotopic (exact) mass is 633 g/mol. The normalized spacial score (nSPS) is 25.6. The summed E-state index contributed by atoms with van der Waals surface area (Å²) in [7, 11) is 1.98. The van der Waals surface area contributed by atoms with Gasteiger partial charge in [-0.15, -0.1) is 0 Å². The molecule has 5 rings (SSSR count). The van der Waals surface area contributed by atoms with E-state index >= 15 is 4.39 Å². The van der Waals surface area contributed by atoms with Crippen molar-refractivity contribution in [2.45, 2.75) is 76.7 Å². The number of hydrogen-bond acceptors (Lipinski definition) is 6. The highest BCUT2D eigenvalue weighted by atomic mass is 19.4. The SMILES string of the molecule is C[C@@H]1CN(c2cc(F)c(C3=CCCN(C(=O)OC4(C)CCC4)CC3)cc2NC(=O)C2C=NC(=O)C=C2C(F)(F)F)C[C@H](C)N1C. The number of nitrogens with one attached hydrogen (secondary N) is 1. The third kappa shape index (κ3) is 7.08. The number of dihydropyridines is 1. The lowest BCUT2D eigenvalue weighted by Gasteiger charge is -2.44. The minimum atomic E-state index is -4.93. The largest absolute Gasteiger partial charge is 0.443 e. The Bertz CT molecular complexity index is 1440. The molecule has 1 saturated carbocycles. The molecule has 45 heavy (non-hydrogen) atoms. The van der Waals surface area contributed by atoms with Gasteiger partial charge >= 0.3 is 12.3 Å². The number of anilines is 2. The van der Waals surface area contributed by atoms with E-state index in [0.29, 0.717) is 62.6 Å². The molecule has 1 aliphatic carbocycles. The summed E-state index contributed by atoms with van der Waals surface area (Å²) in [5.41, 5.74) is -0.493. The summed E-state index contributed by atoms with van der Waals surface area (Å²) in [4.78, 5) is 47.0. The zero-order valence-electron chi connectivity index (χ0n) is 25.9. The second kappa shape index (κ2) is 12.6. The summed E-state index contributed by atoms with van der Waals surface area (Å²) in [5, 5.41) is 2.61. The lowest BCUT2D eigenvalue weighted by Crippen LogP contribution is -2.55. The van der Waals surface area contributed by atoms with Gasteiger partial charge in [-0.1, -0.05) is 6.08 Å². The number of hydrogen-bond donors (Lipinski definition) is 1. The van der Waals surface area contributed by atoms with E-state index < -0.39 is 47.0 Å². The Balaban J connectivity index is 1.44. The van der Waals surface area contributed by atoms with Crippen molar-refractivity contribution in [2.75, 3.05) is 43.4 Å². The molecule has 0 spiro atoms. The van der Waals surface area contributed by atoms with E-state index in [4.69, 9.17) is 4.74 Å². The zero-order valence-corrected chi connectivity index (χ0v) is 25.9. The van der Waals surface area contributed by atoms with Gasteiger partial charge in [0.15, 0.2) is 0 Å². The standard InChI is InChI=1S/C32H39F4N5O4/c1-19-17-41(18-20(2)39(19)4)27-15-25(33)22(21-7-5-11-40(12-8-21)30(44)45-31(3)9-6-10-31)13-26(27)38-29(43)23-16-37-28(42)14-24(23)32(34,35)36/h7,13-16,19-20,23H,5-6,8-12,17-18H2,1-4H3,(H,38,43)/t19-,20+,23?. The van der Waals surface area contributed by atoms with Gasteiger partial charge < -0.3 is 19.9 Å². The van der Waals surface area contributed by atoms with Crippen molar-refractivity contribution < 1.29 is 36.7 Å². The predicted molar refractivity (Wildman–Crippen MR) is 163 cm³/mol. The van der Waals surface area contributed by atoms with E-state index in [9.17, 15) is 27.6 Å². The van der Waals surface area contributed by atoms with E-state index in [0.717, 1.165) is 19.3 Å². The van der Waals surface area contributed by atoms with Crippen LogP contribution in [-0.2, 0) is 14.3 Å². The Morgan fingerprint density at radius 1 is 1.11 bits per heavy atom. The van der Waals surface area contributed by atoms with Crippen molar-refractivity contribution >= 4 is 41.1 Å². The van der Waals surface area contributed by atoms with Crippen molar-refractivity contribution in [3.8, 4) is 0 Å². The topological polar surface area (TPSA) is 94.5 Å². The first-order chi connectivity index (χ1) is 21.1. The van der Waals surface area contributed by atoms with E-state index in [1.165, 1.54) is 12.1 Å². The molecule has 3 heterocycles. The molecule has 3 amide bonds. The van der Waals surface area contributed by atoms with Crippen LogP contribution in [0.4, 0.5) is 33.7 Å². The molecule has 9 nitrogen and oxygen atoms in total. The molecule has 4 aliphatic rings. The van der Waals surface area contributed by atoms with Gasteiger partial charge in [-0.05, 0) is 77.6 Å². The number of alkyl halides is 3. The van der Waals surface area contributed by atoms with Crippen molar-refractivity contribution in [1.29, 1.82) is 0 Å². The smallest absolute Gasteiger partial charge is 0.414 e. The number of benzene rings is 1. The number of amides is 3. The van der Waals surface area contributed by atoms with Gasteiger partial charge in [-0.3, -0.25) is 14.5 Å². The third-order valence-corrected chi connectivity index (χ3v) is 9.41. The molecule has 0 radical (unpaired) electrons. The van der Waals surface area contributed by atoms with Crippen LogP contribution in [0.15, 0.2) is 34.9 Å².